The zero-order valence-electron chi connectivity index (χ0n) is 17.9. The summed E-state index contributed by atoms with van der Waals surface area (Å²) in [4.78, 5) is 37.8. The van der Waals surface area contributed by atoms with Gasteiger partial charge < -0.3 is 14.2 Å². The highest BCUT2D eigenvalue weighted by molar-refractivity contribution is 5.76. The maximum atomic E-state index is 12.9. The summed E-state index contributed by atoms with van der Waals surface area (Å²) in [5.41, 5.74) is 2.08. The van der Waals surface area contributed by atoms with Crippen molar-refractivity contribution in [2.75, 3.05) is 31.1 Å². The number of carbonyl (C=O) groups excluding carboxylic acids is 1. The predicted molar refractivity (Wildman–Crippen MR) is 122 cm³/mol. The number of benzene rings is 1. The number of anilines is 1. The van der Waals surface area contributed by atoms with Crippen LogP contribution in [-0.4, -0.2) is 56.7 Å². The standard InChI is InChI=1S/C24H22N6O3/c31-23-9-8-19(21-7-4-14-33-21)27-30(23)16-24(32)29-12-10-28(11-13-29)22-15-20(25-17-26-22)18-5-2-1-3-6-18/h1-9,14-15,17H,10-13,16H2. The van der Waals surface area contributed by atoms with Gasteiger partial charge in [-0.05, 0) is 18.2 Å². The molecule has 0 N–H and O–H groups in total. The van der Waals surface area contributed by atoms with E-state index in [1.807, 2.05) is 36.4 Å². The number of piperazine rings is 1. The van der Waals surface area contributed by atoms with Crippen LogP contribution in [0.1, 0.15) is 0 Å². The van der Waals surface area contributed by atoms with E-state index in [4.69, 9.17) is 4.42 Å². The van der Waals surface area contributed by atoms with Crippen LogP contribution >= 0.6 is 0 Å². The van der Waals surface area contributed by atoms with Crippen LogP contribution in [0.4, 0.5) is 5.82 Å². The number of furan rings is 1. The van der Waals surface area contributed by atoms with Gasteiger partial charge in [-0.2, -0.15) is 5.10 Å². The molecule has 4 heterocycles. The van der Waals surface area contributed by atoms with Crippen molar-refractivity contribution in [3.05, 3.63) is 83.6 Å². The van der Waals surface area contributed by atoms with Gasteiger partial charge in [0, 0.05) is 43.9 Å². The van der Waals surface area contributed by atoms with Crippen LogP contribution in [0.3, 0.4) is 0 Å². The maximum Gasteiger partial charge on any atom is 0.267 e. The summed E-state index contributed by atoms with van der Waals surface area (Å²) in [6.07, 6.45) is 3.11. The zero-order chi connectivity index (χ0) is 22.6. The molecule has 166 valence electrons. The third-order valence-electron chi connectivity index (χ3n) is 5.60. The molecule has 4 aromatic rings. The van der Waals surface area contributed by atoms with E-state index in [0.717, 1.165) is 17.1 Å². The van der Waals surface area contributed by atoms with Crippen molar-refractivity contribution in [3.63, 3.8) is 0 Å². The minimum absolute atomic E-state index is 0.112. The average Bonchev–Trinajstić information content (AvgIpc) is 3.41. The van der Waals surface area contributed by atoms with Crippen molar-refractivity contribution in [2.24, 2.45) is 0 Å². The van der Waals surface area contributed by atoms with Gasteiger partial charge in [0.2, 0.25) is 5.91 Å². The number of hydrogen-bond acceptors (Lipinski definition) is 7. The lowest BCUT2D eigenvalue weighted by Gasteiger charge is -2.35. The van der Waals surface area contributed by atoms with Gasteiger partial charge in [0.1, 0.15) is 24.4 Å². The van der Waals surface area contributed by atoms with E-state index >= 15 is 0 Å². The molecule has 0 radical (unpaired) electrons. The zero-order valence-corrected chi connectivity index (χ0v) is 17.9. The molecule has 0 atom stereocenters. The monoisotopic (exact) mass is 442 g/mol. The lowest BCUT2D eigenvalue weighted by Crippen LogP contribution is -2.50. The van der Waals surface area contributed by atoms with E-state index < -0.39 is 0 Å². The summed E-state index contributed by atoms with van der Waals surface area (Å²) < 4.78 is 6.52. The first kappa shape index (κ1) is 20.6. The molecular formula is C24H22N6O3. The highest BCUT2D eigenvalue weighted by Crippen LogP contribution is 2.21. The Kier molecular flexibility index (Phi) is 5.67. The minimum Gasteiger partial charge on any atom is -0.463 e. The van der Waals surface area contributed by atoms with E-state index in [1.165, 1.54) is 17.0 Å². The van der Waals surface area contributed by atoms with Crippen molar-refractivity contribution in [1.29, 1.82) is 0 Å². The number of aromatic nitrogens is 4. The normalized spacial score (nSPS) is 13.8. The molecular weight excluding hydrogens is 420 g/mol. The summed E-state index contributed by atoms with van der Waals surface area (Å²) in [5.74, 6) is 1.23. The van der Waals surface area contributed by atoms with Crippen molar-refractivity contribution >= 4 is 11.7 Å². The SMILES string of the molecule is O=C(Cn1nc(-c2ccco2)ccc1=O)N1CCN(c2cc(-c3ccccc3)ncn2)CC1. The molecule has 1 saturated heterocycles. The summed E-state index contributed by atoms with van der Waals surface area (Å²) in [7, 11) is 0. The Morgan fingerprint density at radius 2 is 1.73 bits per heavy atom. The second-order valence-corrected chi connectivity index (χ2v) is 7.69. The van der Waals surface area contributed by atoms with Crippen LogP contribution in [0.5, 0.6) is 0 Å². The molecule has 0 unspecified atom stereocenters. The molecule has 0 bridgehead atoms. The summed E-state index contributed by atoms with van der Waals surface area (Å²) >= 11 is 0. The highest BCUT2D eigenvalue weighted by Gasteiger charge is 2.23. The number of hydrogen-bond donors (Lipinski definition) is 0. The molecule has 9 nitrogen and oxygen atoms in total. The summed E-state index contributed by atoms with van der Waals surface area (Å²) in [5, 5.41) is 4.29. The van der Waals surface area contributed by atoms with E-state index in [0.29, 0.717) is 37.6 Å². The third kappa shape index (κ3) is 4.52. The van der Waals surface area contributed by atoms with Gasteiger partial charge in [-0.15, -0.1) is 0 Å². The Labute approximate surface area is 189 Å². The Morgan fingerprint density at radius 1 is 0.909 bits per heavy atom. The lowest BCUT2D eigenvalue weighted by molar-refractivity contribution is -0.132. The molecule has 1 fully saturated rings. The van der Waals surface area contributed by atoms with Gasteiger partial charge in [0.05, 0.1) is 12.0 Å². The first-order valence-electron chi connectivity index (χ1n) is 10.7. The molecule has 33 heavy (non-hydrogen) atoms. The van der Waals surface area contributed by atoms with Crippen LogP contribution < -0.4 is 10.5 Å². The third-order valence-corrected chi connectivity index (χ3v) is 5.60. The Morgan fingerprint density at radius 3 is 2.48 bits per heavy atom. The minimum atomic E-state index is -0.327. The van der Waals surface area contributed by atoms with Crippen molar-refractivity contribution in [2.45, 2.75) is 6.54 Å². The molecule has 0 saturated carbocycles. The second-order valence-electron chi connectivity index (χ2n) is 7.69. The molecule has 0 spiro atoms. The fourth-order valence-corrected chi connectivity index (χ4v) is 3.82. The Balaban J connectivity index is 1.23. The number of nitrogens with zero attached hydrogens (tertiary/aromatic N) is 6. The average molecular weight is 442 g/mol. The van der Waals surface area contributed by atoms with Gasteiger partial charge in [-0.1, -0.05) is 30.3 Å². The summed E-state index contributed by atoms with van der Waals surface area (Å²) in [6, 6.07) is 18.4. The van der Waals surface area contributed by atoms with Gasteiger partial charge in [-0.25, -0.2) is 14.6 Å². The molecule has 0 aliphatic carbocycles. The number of carbonyl (C=O) groups is 1. The van der Waals surface area contributed by atoms with Crippen molar-refractivity contribution < 1.29 is 9.21 Å². The van der Waals surface area contributed by atoms with Crippen LogP contribution in [-0.2, 0) is 11.3 Å². The Hall–Kier alpha value is -4.27. The Bertz CT molecular complexity index is 1300. The predicted octanol–water partition coefficient (Wildman–Crippen LogP) is 2.31. The van der Waals surface area contributed by atoms with Gasteiger partial charge >= 0.3 is 0 Å². The first-order chi connectivity index (χ1) is 16.2. The van der Waals surface area contributed by atoms with Crippen molar-refractivity contribution in [1.82, 2.24) is 24.6 Å². The topological polar surface area (TPSA) is 97.4 Å². The molecule has 5 rings (SSSR count). The second kappa shape index (κ2) is 9.07. The largest absolute Gasteiger partial charge is 0.463 e. The number of rotatable bonds is 5. The molecule has 1 aliphatic heterocycles. The molecule has 1 aliphatic rings. The lowest BCUT2D eigenvalue weighted by atomic mass is 10.1. The van der Waals surface area contributed by atoms with Crippen LogP contribution in [0.25, 0.3) is 22.7 Å². The van der Waals surface area contributed by atoms with E-state index in [1.54, 1.807) is 29.4 Å². The molecule has 1 amide bonds. The van der Waals surface area contributed by atoms with Gasteiger partial charge in [0.15, 0.2) is 5.76 Å². The maximum absolute atomic E-state index is 12.9. The smallest absolute Gasteiger partial charge is 0.267 e. The van der Waals surface area contributed by atoms with Crippen molar-refractivity contribution in [3.8, 4) is 22.7 Å². The van der Waals surface area contributed by atoms with E-state index in [2.05, 4.69) is 20.0 Å². The van der Waals surface area contributed by atoms with Crippen LogP contribution in [0, 0.1) is 0 Å². The fourth-order valence-electron chi connectivity index (χ4n) is 3.82. The van der Waals surface area contributed by atoms with E-state index in [9.17, 15) is 9.59 Å². The van der Waals surface area contributed by atoms with Gasteiger partial charge in [0.25, 0.3) is 5.56 Å². The van der Waals surface area contributed by atoms with Crippen LogP contribution in [0.15, 0.2) is 82.5 Å². The molecule has 3 aromatic heterocycles. The fraction of sp³-hybridized carbons (Fsp3) is 0.208. The molecule has 1 aromatic carbocycles. The molecule has 9 heteroatoms. The summed E-state index contributed by atoms with van der Waals surface area (Å²) in [6.45, 7) is 2.25. The first-order valence-corrected chi connectivity index (χ1v) is 10.7. The van der Waals surface area contributed by atoms with E-state index in [-0.39, 0.29) is 18.0 Å². The highest BCUT2D eigenvalue weighted by atomic mass is 16.3. The number of amides is 1. The van der Waals surface area contributed by atoms with Crippen LogP contribution in [0.2, 0.25) is 0 Å². The quantitative estimate of drug-likeness (QED) is 0.468. The van der Waals surface area contributed by atoms with Gasteiger partial charge in [-0.3, -0.25) is 9.59 Å².